The molecule has 0 saturated carbocycles. The van der Waals surface area contributed by atoms with Gasteiger partial charge in [0.1, 0.15) is 0 Å². The summed E-state index contributed by atoms with van der Waals surface area (Å²) in [5.41, 5.74) is 2.97. The number of aromatic nitrogens is 2. The van der Waals surface area contributed by atoms with Crippen LogP contribution >= 0.6 is 0 Å². The van der Waals surface area contributed by atoms with Crippen molar-refractivity contribution in [3.05, 3.63) is 88.2 Å². The van der Waals surface area contributed by atoms with Gasteiger partial charge in [0.15, 0.2) is 5.69 Å². The molecule has 0 radical (unpaired) electrons. The molecule has 36 heavy (non-hydrogen) atoms. The molecule has 0 unspecified atom stereocenters. The maximum Gasteiger partial charge on any atom is 0.416 e. The summed E-state index contributed by atoms with van der Waals surface area (Å²) in [6.07, 6.45) is -3.79. The van der Waals surface area contributed by atoms with Crippen LogP contribution < -0.4 is 5.32 Å². The van der Waals surface area contributed by atoms with E-state index in [9.17, 15) is 22.8 Å². The van der Waals surface area contributed by atoms with Gasteiger partial charge in [0.25, 0.3) is 5.91 Å². The standard InChI is InChI=1S/C26H26F3N5O2/c27-26(28,29)20-8-4-7-19(13-20)14-32-11-9-22-21(16-32)24(25(36)33-12-10-30-23(35)17-33)31-34(22)15-18-5-2-1-3-6-18/h1-8,13H,9-12,14-17H2,(H,30,35). The lowest BCUT2D eigenvalue weighted by molar-refractivity contribution is -0.137. The van der Waals surface area contributed by atoms with Crippen LogP contribution in [-0.2, 0) is 37.0 Å². The molecule has 1 aromatic heterocycles. The number of piperazine rings is 1. The number of amides is 2. The normalized spacial score (nSPS) is 16.5. The molecule has 2 aliphatic heterocycles. The zero-order valence-corrected chi connectivity index (χ0v) is 19.6. The molecular weight excluding hydrogens is 471 g/mol. The molecule has 0 atom stereocenters. The van der Waals surface area contributed by atoms with Crippen LogP contribution in [0.4, 0.5) is 13.2 Å². The lowest BCUT2D eigenvalue weighted by atomic mass is 10.0. The molecule has 0 bridgehead atoms. The Kier molecular flexibility index (Phi) is 6.53. The highest BCUT2D eigenvalue weighted by molar-refractivity contribution is 5.97. The summed E-state index contributed by atoms with van der Waals surface area (Å²) >= 11 is 0. The second-order valence-electron chi connectivity index (χ2n) is 9.15. The molecule has 1 fully saturated rings. The summed E-state index contributed by atoms with van der Waals surface area (Å²) in [6.45, 7) is 2.62. The Balaban J connectivity index is 1.43. The molecule has 0 spiro atoms. The maximum atomic E-state index is 13.4. The third kappa shape index (κ3) is 5.13. The highest BCUT2D eigenvalue weighted by Crippen LogP contribution is 2.31. The number of hydrogen-bond donors (Lipinski definition) is 1. The van der Waals surface area contributed by atoms with E-state index in [0.717, 1.165) is 22.9 Å². The number of nitrogens with zero attached hydrogens (tertiary/aromatic N) is 4. The van der Waals surface area contributed by atoms with Crippen molar-refractivity contribution in [3.63, 3.8) is 0 Å². The minimum absolute atomic E-state index is 0.0207. The number of benzene rings is 2. The fourth-order valence-corrected chi connectivity index (χ4v) is 4.81. The van der Waals surface area contributed by atoms with E-state index in [1.54, 1.807) is 6.07 Å². The SMILES string of the molecule is O=C1CN(C(=O)c2nn(Cc3ccccc3)c3c2CN(Cc2cccc(C(F)(F)F)c2)CC3)CCN1. The first-order valence-corrected chi connectivity index (χ1v) is 11.8. The first kappa shape index (κ1) is 24.1. The van der Waals surface area contributed by atoms with E-state index in [4.69, 9.17) is 5.10 Å². The number of halogens is 3. The molecule has 1 saturated heterocycles. The van der Waals surface area contributed by atoms with E-state index < -0.39 is 11.7 Å². The fourth-order valence-electron chi connectivity index (χ4n) is 4.81. The summed E-state index contributed by atoms with van der Waals surface area (Å²) in [5.74, 6) is -0.507. The largest absolute Gasteiger partial charge is 0.416 e. The van der Waals surface area contributed by atoms with E-state index in [-0.39, 0.29) is 18.4 Å². The zero-order valence-electron chi connectivity index (χ0n) is 19.6. The summed E-state index contributed by atoms with van der Waals surface area (Å²) in [7, 11) is 0. The quantitative estimate of drug-likeness (QED) is 0.588. The van der Waals surface area contributed by atoms with Crippen molar-refractivity contribution in [3.8, 4) is 0 Å². The summed E-state index contributed by atoms with van der Waals surface area (Å²) in [5, 5.41) is 7.41. The van der Waals surface area contributed by atoms with Crippen molar-refractivity contribution < 1.29 is 22.8 Å². The molecule has 2 aromatic carbocycles. The van der Waals surface area contributed by atoms with Gasteiger partial charge in [-0.05, 0) is 17.2 Å². The number of alkyl halides is 3. The summed E-state index contributed by atoms with van der Waals surface area (Å²) in [4.78, 5) is 28.8. The molecule has 3 heterocycles. The molecule has 10 heteroatoms. The fraction of sp³-hybridized carbons (Fsp3) is 0.346. The molecule has 0 aliphatic carbocycles. The predicted octanol–water partition coefficient (Wildman–Crippen LogP) is 3.08. The number of carbonyl (C=O) groups excluding carboxylic acids is 2. The first-order valence-electron chi connectivity index (χ1n) is 11.8. The number of rotatable bonds is 5. The van der Waals surface area contributed by atoms with Crippen molar-refractivity contribution in [1.29, 1.82) is 0 Å². The predicted molar refractivity (Wildman–Crippen MR) is 126 cm³/mol. The summed E-state index contributed by atoms with van der Waals surface area (Å²) < 4.78 is 41.4. The summed E-state index contributed by atoms with van der Waals surface area (Å²) in [6, 6.07) is 15.2. The Morgan fingerprint density at radius 3 is 2.50 bits per heavy atom. The van der Waals surface area contributed by atoms with Gasteiger partial charge in [0, 0.05) is 50.4 Å². The Labute approximate surface area is 206 Å². The third-order valence-corrected chi connectivity index (χ3v) is 6.58. The Hall–Kier alpha value is -3.66. The van der Waals surface area contributed by atoms with Crippen LogP contribution in [0.1, 0.15) is 38.4 Å². The molecule has 3 aromatic rings. The number of fused-ring (bicyclic) bond motifs is 1. The number of nitrogens with one attached hydrogen (secondary N) is 1. The topological polar surface area (TPSA) is 70.5 Å². The van der Waals surface area contributed by atoms with Gasteiger partial charge >= 0.3 is 6.18 Å². The molecule has 2 amide bonds. The number of hydrogen-bond acceptors (Lipinski definition) is 4. The van der Waals surface area contributed by atoms with Crippen molar-refractivity contribution in [2.75, 3.05) is 26.2 Å². The van der Waals surface area contributed by atoms with Crippen LogP contribution in [0, 0.1) is 0 Å². The van der Waals surface area contributed by atoms with Gasteiger partial charge in [-0.15, -0.1) is 0 Å². The van der Waals surface area contributed by atoms with Crippen LogP contribution in [0.25, 0.3) is 0 Å². The Morgan fingerprint density at radius 1 is 0.972 bits per heavy atom. The second kappa shape index (κ2) is 9.77. The molecule has 7 nitrogen and oxygen atoms in total. The maximum absolute atomic E-state index is 13.4. The average molecular weight is 498 g/mol. The highest BCUT2D eigenvalue weighted by Gasteiger charge is 2.33. The van der Waals surface area contributed by atoms with E-state index in [0.29, 0.717) is 56.9 Å². The molecule has 2 aliphatic rings. The van der Waals surface area contributed by atoms with E-state index >= 15 is 0 Å². The highest BCUT2D eigenvalue weighted by atomic mass is 19.4. The van der Waals surface area contributed by atoms with E-state index in [1.807, 2.05) is 39.9 Å². The molecular formula is C26H26F3N5O2. The average Bonchev–Trinajstić information content (AvgIpc) is 3.21. The first-order chi connectivity index (χ1) is 17.3. The van der Waals surface area contributed by atoms with Crippen molar-refractivity contribution in [2.24, 2.45) is 0 Å². The smallest absolute Gasteiger partial charge is 0.353 e. The van der Waals surface area contributed by atoms with Gasteiger partial charge in [-0.1, -0.05) is 48.5 Å². The van der Waals surface area contributed by atoms with Crippen molar-refractivity contribution >= 4 is 11.8 Å². The van der Waals surface area contributed by atoms with Gasteiger partial charge in [0.2, 0.25) is 5.91 Å². The third-order valence-electron chi connectivity index (χ3n) is 6.58. The number of carbonyl (C=O) groups is 2. The van der Waals surface area contributed by atoms with E-state index in [1.165, 1.54) is 17.0 Å². The monoisotopic (exact) mass is 497 g/mol. The van der Waals surface area contributed by atoms with Crippen LogP contribution in [-0.4, -0.2) is 57.6 Å². The van der Waals surface area contributed by atoms with Crippen LogP contribution in [0.2, 0.25) is 0 Å². The zero-order chi connectivity index (χ0) is 25.3. The Bertz CT molecular complexity index is 1270. The van der Waals surface area contributed by atoms with Crippen molar-refractivity contribution in [2.45, 2.75) is 32.2 Å². The minimum Gasteiger partial charge on any atom is -0.353 e. The van der Waals surface area contributed by atoms with Crippen molar-refractivity contribution in [1.82, 2.24) is 24.9 Å². The molecule has 1 N–H and O–H groups in total. The van der Waals surface area contributed by atoms with Crippen LogP contribution in [0.3, 0.4) is 0 Å². The Morgan fingerprint density at radius 2 is 1.75 bits per heavy atom. The van der Waals surface area contributed by atoms with Gasteiger partial charge in [0.05, 0.1) is 18.7 Å². The van der Waals surface area contributed by atoms with Crippen LogP contribution in [0.15, 0.2) is 54.6 Å². The molecule has 5 rings (SSSR count). The van der Waals surface area contributed by atoms with Gasteiger partial charge in [-0.2, -0.15) is 18.3 Å². The van der Waals surface area contributed by atoms with Gasteiger partial charge < -0.3 is 10.2 Å². The minimum atomic E-state index is -4.40. The lowest BCUT2D eigenvalue weighted by Gasteiger charge is -2.29. The van der Waals surface area contributed by atoms with Crippen LogP contribution in [0.5, 0.6) is 0 Å². The second-order valence-corrected chi connectivity index (χ2v) is 9.15. The lowest BCUT2D eigenvalue weighted by Crippen LogP contribution is -2.50. The molecule has 188 valence electrons. The van der Waals surface area contributed by atoms with E-state index in [2.05, 4.69) is 5.32 Å². The van der Waals surface area contributed by atoms with Gasteiger partial charge in [-0.3, -0.25) is 19.2 Å². The van der Waals surface area contributed by atoms with Gasteiger partial charge in [-0.25, -0.2) is 0 Å².